The van der Waals surface area contributed by atoms with Crippen LogP contribution in [0.15, 0.2) is 0 Å². The molecule has 0 saturated heterocycles. The molecule has 0 aliphatic rings. The van der Waals surface area contributed by atoms with Gasteiger partial charge in [0, 0.05) is 6.92 Å². The zero-order valence-corrected chi connectivity index (χ0v) is 30.8. The number of carbonyl (C=O) groups is 1. The van der Waals surface area contributed by atoms with E-state index in [2.05, 4.69) is 34.6 Å². The maximum atomic E-state index is 12.5. The van der Waals surface area contributed by atoms with E-state index in [4.69, 9.17) is 23.7 Å². The van der Waals surface area contributed by atoms with Crippen molar-refractivity contribution in [2.75, 3.05) is 39.6 Å². The molecule has 9 heteroatoms. The van der Waals surface area contributed by atoms with Crippen molar-refractivity contribution in [3.63, 3.8) is 0 Å². The van der Waals surface area contributed by atoms with Crippen molar-refractivity contribution in [2.24, 2.45) is 0 Å². The molecule has 0 aromatic carbocycles. The van der Waals surface area contributed by atoms with E-state index in [1.54, 1.807) is 6.92 Å². The molecule has 0 aromatic heterocycles. The Morgan fingerprint density at radius 2 is 0.800 bits per heavy atom. The number of aliphatic hydroxyl groups is 1. The van der Waals surface area contributed by atoms with E-state index in [9.17, 15) is 9.90 Å². The summed E-state index contributed by atoms with van der Waals surface area (Å²) >= 11 is 0. The van der Waals surface area contributed by atoms with E-state index in [1.165, 1.54) is 77.0 Å². The van der Waals surface area contributed by atoms with E-state index >= 15 is 0 Å². The Morgan fingerprint density at radius 3 is 1.09 bits per heavy atom. The number of esters is 1. The maximum Gasteiger partial charge on any atom is 1.00 e. The third-order valence-electron chi connectivity index (χ3n) is 7.45. The van der Waals surface area contributed by atoms with Crippen LogP contribution in [-0.2, 0) is 28.5 Å². The molecule has 0 aliphatic carbocycles. The maximum absolute atomic E-state index is 12.5. The predicted molar refractivity (Wildman–Crippen MR) is 190 cm³/mol. The summed E-state index contributed by atoms with van der Waals surface area (Å²) in [5.41, 5.74) is 0. The van der Waals surface area contributed by atoms with Gasteiger partial charge in [-0.1, -0.05) is 131 Å². The van der Waals surface area contributed by atoms with Crippen LogP contribution in [-0.4, -0.2) is 79.7 Å². The summed E-state index contributed by atoms with van der Waals surface area (Å²) in [7, 11) is 0. The van der Waals surface area contributed by atoms with Gasteiger partial charge in [-0.25, -0.2) is 4.79 Å². The molecule has 0 aromatic rings. The van der Waals surface area contributed by atoms with Crippen LogP contribution in [0.2, 0.25) is 0 Å². The van der Waals surface area contributed by atoms with Gasteiger partial charge in [-0.2, -0.15) is 0 Å². The molecular formula is C36H78AlLiO7. The molecule has 0 bridgehead atoms. The van der Waals surface area contributed by atoms with Crippen LogP contribution < -0.4 is 18.9 Å². The van der Waals surface area contributed by atoms with Crippen molar-refractivity contribution < 1.29 is 53.9 Å². The second kappa shape index (κ2) is 38.8. The van der Waals surface area contributed by atoms with Gasteiger partial charge in [0.25, 0.3) is 5.79 Å². The summed E-state index contributed by atoms with van der Waals surface area (Å²) < 4.78 is 28.4. The topological polar surface area (TPSA) is 83.5 Å². The molecule has 7 nitrogen and oxygen atoms in total. The average Bonchev–Trinajstić information content (AvgIpc) is 3.01. The molecular weight excluding hydrogens is 578 g/mol. The van der Waals surface area contributed by atoms with Crippen molar-refractivity contribution in [3.05, 3.63) is 0 Å². The van der Waals surface area contributed by atoms with Crippen LogP contribution in [0.5, 0.6) is 0 Å². The molecule has 0 fully saturated rings. The number of unbranched alkanes of at least 4 members (excludes halogenated alkanes) is 15. The van der Waals surface area contributed by atoms with Crippen LogP contribution in [0, 0.1) is 0 Å². The fourth-order valence-corrected chi connectivity index (χ4v) is 4.34. The number of hydrogen-bond acceptors (Lipinski definition) is 7. The fourth-order valence-electron chi connectivity index (χ4n) is 4.34. The van der Waals surface area contributed by atoms with E-state index < -0.39 is 11.6 Å². The second-order valence-corrected chi connectivity index (χ2v) is 12.1. The van der Waals surface area contributed by atoms with E-state index in [1.807, 2.05) is 6.92 Å². The number of carbonyl (C=O) groups excluding carboxylic acids is 1. The minimum Gasteiger partial charge on any atom is -1.00 e. The Balaban J connectivity index is -0.000000239. The van der Waals surface area contributed by atoms with Crippen LogP contribution in [0.1, 0.15) is 178 Å². The third kappa shape index (κ3) is 34.1. The van der Waals surface area contributed by atoms with Gasteiger partial charge in [-0.3, -0.25) is 0 Å². The van der Waals surface area contributed by atoms with Gasteiger partial charge < -0.3 is 30.2 Å². The van der Waals surface area contributed by atoms with Crippen LogP contribution in [0.4, 0.5) is 0 Å². The summed E-state index contributed by atoms with van der Waals surface area (Å²) in [6, 6.07) is 0. The smallest absolute Gasteiger partial charge is 1.00 e. The normalized spacial score (nSPS) is 11.3. The molecule has 0 heterocycles. The summed E-state index contributed by atoms with van der Waals surface area (Å²) in [4.78, 5) is 12.5. The molecule has 0 saturated carbocycles. The molecule has 0 radical (unpaired) electrons. The summed E-state index contributed by atoms with van der Waals surface area (Å²) in [5, 5.41) is 9.34. The third-order valence-corrected chi connectivity index (χ3v) is 7.45. The summed E-state index contributed by atoms with van der Waals surface area (Å²) in [5.74, 6) is -2.45. The van der Waals surface area contributed by atoms with Gasteiger partial charge in [0.1, 0.15) is 0 Å². The molecule has 1 N–H and O–H groups in total. The largest absolute Gasteiger partial charge is 1.00 e. The van der Waals surface area contributed by atoms with E-state index in [0.717, 1.165) is 51.4 Å². The zero-order chi connectivity index (χ0) is 32.5. The van der Waals surface area contributed by atoms with Crippen molar-refractivity contribution >= 4 is 23.3 Å². The van der Waals surface area contributed by atoms with Crippen molar-refractivity contribution in [3.8, 4) is 0 Å². The minimum atomic E-state index is -1.26. The van der Waals surface area contributed by atoms with Crippen LogP contribution in [0.25, 0.3) is 0 Å². The Labute approximate surface area is 304 Å². The molecule has 268 valence electrons. The number of aliphatic hydroxyl groups excluding tert-OH is 1. The van der Waals surface area contributed by atoms with Crippen molar-refractivity contribution in [1.82, 2.24) is 0 Å². The Bertz CT molecular complexity index is 563. The standard InChI is InChI=1S/C21H42O4.C15H32O3.Al.Li.4H/c1-5-8-11-14-17-23-20(22)21(4,24-18-15-12-9-6-2)25-19-16-13-10-7-3;1-4-6-8-10-12-17-15(3,14-16)18-13-11-9-7-5-2;;;;;;/h5-19H2,1-4H3;16H,4-14H2,1-3H3;;;;;;/q;;;+1;;;;-1. The van der Waals surface area contributed by atoms with E-state index in [0.29, 0.717) is 33.0 Å². The minimum absolute atomic E-state index is 0. The van der Waals surface area contributed by atoms with Gasteiger partial charge in [0.2, 0.25) is 0 Å². The van der Waals surface area contributed by atoms with Crippen LogP contribution >= 0.6 is 0 Å². The van der Waals surface area contributed by atoms with E-state index in [-0.39, 0.29) is 50.2 Å². The van der Waals surface area contributed by atoms with Crippen molar-refractivity contribution in [2.45, 2.75) is 188 Å². The first-order valence-electron chi connectivity index (χ1n) is 18.1. The first-order valence-corrected chi connectivity index (χ1v) is 18.1. The van der Waals surface area contributed by atoms with Gasteiger partial charge in [0.15, 0.2) is 23.1 Å². The van der Waals surface area contributed by atoms with Gasteiger partial charge in [0.05, 0.1) is 39.6 Å². The molecule has 45 heavy (non-hydrogen) atoms. The first kappa shape index (κ1) is 52.2. The molecule has 0 rings (SSSR count). The van der Waals surface area contributed by atoms with Gasteiger partial charge in [-0.15, -0.1) is 0 Å². The van der Waals surface area contributed by atoms with Crippen molar-refractivity contribution in [1.29, 1.82) is 0 Å². The quantitative estimate of drug-likeness (QED) is 0.0435. The zero-order valence-electron chi connectivity index (χ0n) is 31.8. The second-order valence-electron chi connectivity index (χ2n) is 12.1. The summed E-state index contributed by atoms with van der Waals surface area (Å²) in [6.45, 7) is 17.2. The van der Waals surface area contributed by atoms with Gasteiger partial charge in [-0.05, 0) is 39.0 Å². The fraction of sp³-hybridized carbons (Fsp3) is 0.972. The van der Waals surface area contributed by atoms with Crippen LogP contribution in [0.3, 0.4) is 0 Å². The number of hydrogen-bond donors (Lipinski definition) is 1. The Kier molecular flexibility index (Phi) is 45.1. The average molecular weight is 657 g/mol. The molecule has 0 unspecified atom stereocenters. The first-order chi connectivity index (χ1) is 20.8. The summed E-state index contributed by atoms with van der Waals surface area (Å²) in [6.07, 6.45) is 22.7. The Morgan fingerprint density at radius 1 is 0.511 bits per heavy atom. The molecule has 0 atom stereocenters. The van der Waals surface area contributed by atoms with Gasteiger partial charge >= 0.3 is 24.8 Å². The number of rotatable bonds is 31. The Hall–Kier alpha value is 0.400. The molecule has 0 amide bonds. The molecule has 0 spiro atoms. The predicted octanol–water partition coefficient (Wildman–Crippen LogP) is 5.84. The SMILES string of the molecule is CCCCCCOC(=O)C(C)(OCCCCCC)OCCCCCC.CCCCCCOC(C)(CO)OCCCCCC.[AlH3].[H-].[Li+]. The number of ether oxygens (including phenoxy) is 5. The monoisotopic (exact) mass is 657 g/mol. The molecule has 0 aliphatic heterocycles.